The maximum Gasteiger partial charge on any atom is 0.235 e. The van der Waals surface area contributed by atoms with Crippen molar-refractivity contribution in [1.29, 1.82) is 0 Å². The Hall–Kier alpha value is -1.16. The molecule has 0 aliphatic rings. The van der Waals surface area contributed by atoms with Crippen molar-refractivity contribution in [3.8, 4) is 5.75 Å². The molecule has 19 heavy (non-hydrogen) atoms. The van der Waals surface area contributed by atoms with E-state index in [4.69, 9.17) is 4.74 Å². The van der Waals surface area contributed by atoms with Crippen LogP contribution in [0.1, 0.15) is 19.4 Å². The summed E-state index contributed by atoms with van der Waals surface area (Å²) in [4.78, 5) is 13.9. The fourth-order valence-corrected chi connectivity index (χ4v) is 2.21. The quantitative estimate of drug-likeness (QED) is 0.803. The maximum absolute atomic E-state index is 12.1. The third-order valence-corrected chi connectivity index (χ3v) is 4.31. The average molecular weight is 281 g/mol. The van der Waals surface area contributed by atoms with Gasteiger partial charge in [0.15, 0.2) is 0 Å². The van der Waals surface area contributed by atoms with Crippen LogP contribution in [0.2, 0.25) is 0 Å². The minimum absolute atomic E-state index is 0.0170. The summed E-state index contributed by atoms with van der Waals surface area (Å²) in [6.45, 7) is 4.03. The van der Waals surface area contributed by atoms with Crippen LogP contribution < -0.4 is 4.74 Å². The van der Waals surface area contributed by atoms with Gasteiger partial charge in [-0.2, -0.15) is 11.8 Å². The molecule has 1 amide bonds. The fourth-order valence-electron chi connectivity index (χ4n) is 1.84. The summed E-state index contributed by atoms with van der Waals surface area (Å²) in [6.07, 6.45) is 2.82. The summed E-state index contributed by atoms with van der Waals surface area (Å²) in [5.74, 6) is 1.05. The van der Waals surface area contributed by atoms with Gasteiger partial charge in [0.05, 0.1) is 12.4 Å². The molecule has 0 saturated heterocycles. The van der Waals surface area contributed by atoms with Crippen LogP contribution in [0, 0.1) is 0 Å². The third-order valence-electron chi connectivity index (χ3n) is 3.40. The highest BCUT2D eigenvalue weighted by Crippen LogP contribution is 2.16. The molecule has 0 heterocycles. The molecule has 0 fully saturated rings. The van der Waals surface area contributed by atoms with Crippen molar-refractivity contribution in [3.05, 3.63) is 29.8 Å². The van der Waals surface area contributed by atoms with E-state index in [-0.39, 0.29) is 17.2 Å². The van der Waals surface area contributed by atoms with E-state index in [1.807, 2.05) is 49.4 Å². The molecule has 0 N–H and O–H groups in total. The van der Waals surface area contributed by atoms with Gasteiger partial charge < -0.3 is 9.64 Å². The summed E-state index contributed by atoms with van der Waals surface area (Å²) in [5.41, 5.74) is 1.21. The van der Waals surface area contributed by atoms with Gasteiger partial charge in [-0.25, -0.2) is 0 Å². The summed E-state index contributed by atoms with van der Waals surface area (Å²) < 4.78 is 5.14. The van der Waals surface area contributed by atoms with Gasteiger partial charge in [-0.3, -0.25) is 4.79 Å². The van der Waals surface area contributed by atoms with Crippen molar-refractivity contribution in [2.45, 2.75) is 31.6 Å². The second-order valence-electron chi connectivity index (χ2n) is 4.73. The van der Waals surface area contributed by atoms with Crippen molar-refractivity contribution in [1.82, 2.24) is 4.90 Å². The molecule has 4 heteroatoms. The van der Waals surface area contributed by atoms with Gasteiger partial charge in [0.2, 0.25) is 5.91 Å². The third kappa shape index (κ3) is 4.46. The SMILES string of the molecule is COc1ccc(C[C@@H](C)N(C)C(=O)[C@H](C)SC)cc1. The Kier molecular flexibility index (Phi) is 6.22. The largest absolute Gasteiger partial charge is 0.497 e. The zero-order valence-corrected chi connectivity index (χ0v) is 13.2. The normalized spacial score (nSPS) is 13.7. The lowest BCUT2D eigenvalue weighted by Gasteiger charge is -2.27. The minimum atomic E-state index is 0.0170. The molecule has 0 bridgehead atoms. The predicted octanol–water partition coefficient (Wildman–Crippen LogP) is 2.84. The number of hydrogen-bond acceptors (Lipinski definition) is 3. The number of rotatable bonds is 6. The first-order valence-corrected chi connectivity index (χ1v) is 7.70. The first-order valence-electron chi connectivity index (χ1n) is 6.42. The van der Waals surface area contributed by atoms with Gasteiger partial charge in [-0.15, -0.1) is 0 Å². The first kappa shape index (κ1) is 15.9. The standard InChI is InChI=1S/C15H23NO2S/c1-11(16(3)15(17)12(2)19-5)10-13-6-8-14(18-4)9-7-13/h6-9,11-12H,10H2,1-5H3/t11-,12+/m1/s1. The van der Waals surface area contributed by atoms with Crippen LogP contribution in [0.4, 0.5) is 0 Å². The number of ether oxygens (including phenoxy) is 1. The molecule has 0 spiro atoms. The van der Waals surface area contributed by atoms with Gasteiger partial charge >= 0.3 is 0 Å². The molecular formula is C15H23NO2S. The number of hydrogen-bond donors (Lipinski definition) is 0. The predicted molar refractivity (Wildman–Crippen MR) is 81.9 cm³/mol. The lowest BCUT2D eigenvalue weighted by molar-refractivity contribution is -0.130. The topological polar surface area (TPSA) is 29.5 Å². The van der Waals surface area contributed by atoms with Crippen LogP contribution in [0.5, 0.6) is 5.75 Å². The monoisotopic (exact) mass is 281 g/mol. The molecule has 106 valence electrons. The van der Waals surface area contributed by atoms with Crippen molar-refractivity contribution < 1.29 is 9.53 Å². The number of likely N-dealkylation sites (N-methyl/N-ethyl adjacent to an activating group) is 1. The number of nitrogens with zero attached hydrogens (tertiary/aromatic N) is 1. The first-order chi connectivity index (χ1) is 8.99. The number of amides is 1. The molecule has 0 radical (unpaired) electrons. The molecule has 1 aromatic rings. The van der Waals surface area contributed by atoms with Crippen LogP contribution in [0.25, 0.3) is 0 Å². The van der Waals surface area contributed by atoms with Crippen LogP contribution in [0.15, 0.2) is 24.3 Å². The summed E-state index contributed by atoms with van der Waals surface area (Å²) in [6, 6.07) is 8.19. The molecular weight excluding hydrogens is 258 g/mol. The van der Waals surface area contributed by atoms with E-state index in [2.05, 4.69) is 6.92 Å². The molecule has 3 nitrogen and oxygen atoms in total. The van der Waals surface area contributed by atoms with Crippen molar-refractivity contribution in [3.63, 3.8) is 0 Å². The fraction of sp³-hybridized carbons (Fsp3) is 0.533. The zero-order valence-electron chi connectivity index (χ0n) is 12.3. The number of carbonyl (C=O) groups excluding carboxylic acids is 1. The van der Waals surface area contributed by atoms with Crippen molar-refractivity contribution in [2.75, 3.05) is 20.4 Å². The Bertz CT molecular complexity index is 405. The van der Waals surface area contributed by atoms with E-state index in [1.165, 1.54) is 5.56 Å². The van der Waals surface area contributed by atoms with E-state index < -0.39 is 0 Å². The lowest BCUT2D eigenvalue weighted by atomic mass is 10.1. The minimum Gasteiger partial charge on any atom is -0.497 e. The Morgan fingerprint density at radius 1 is 1.32 bits per heavy atom. The van der Waals surface area contributed by atoms with Crippen LogP contribution in [-0.2, 0) is 11.2 Å². The Labute approximate surface area is 120 Å². The van der Waals surface area contributed by atoms with Crippen molar-refractivity contribution in [2.24, 2.45) is 0 Å². The van der Waals surface area contributed by atoms with E-state index in [0.29, 0.717) is 0 Å². The smallest absolute Gasteiger partial charge is 0.235 e. The Balaban J connectivity index is 2.62. The summed E-state index contributed by atoms with van der Waals surface area (Å²) >= 11 is 1.58. The van der Waals surface area contributed by atoms with Gasteiger partial charge in [-0.1, -0.05) is 12.1 Å². The van der Waals surface area contributed by atoms with E-state index in [9.17, 15) is 4.79 Å². The van der Waals surface area contributed by atoms with Crippen LogP contribution >= 0.6 is 11.8 Å². The highest BCUT2D eigenvalue weighted by molar-refractivity contribution is 7.99. The number of thioether (sulfide) groups is 1. The van der Waals surface area contributed by atoms with Gasteiger partial charge in [0.25, 0.3) is 0 Å². The van der Waals surface area contributed by atoms with Crippen LogP contribution in [0.3, 0.4) is 0 Å². The highest BCUT2D eigenvalue weighted by Gasteiger charge is 2.20. The second-order valence-corrected chi connectivity index (χ2v) is 5.91. The highest BCUT2D eigenvalue weighted by atomic mass is 32.2. The number of benzene rings is 1. The number of carbonyl (C=O) groups is 1. The average Bonchev–Trinajstić information content (AvgIpc) is 2.45. The second kappa shape index (κ2) is 7.43. The zero-order chi connectivity index (χ0) is 14.4. The number of methoxy groups -OCH3 is 1. The van der Waals surface area contributed by atoms with Crippen molar-refractivity contribution >= 4 is 17.7 Å². The Morgan fingerprint density at radius 3 is 2.37 bits per heavy atom. The van der Waals surface area contributed by atoms with E-state index in [0.717, 1.165) is 12.2 Å². The lowest BCUT2D eigenvalue weighted by Crippen LogP contribution is -2.40. The molecule has 2 atom stereocenters. The van der Waals surface area contributed by atoms with Gasteiger partial charge in [0, 0.05) is 13.1 Å². The molecule has 0 unspecified atom stereocenters. The van der Waals surface area contributed by atoms with Crippen LogP contribution in [-0.4, -0.2) is 42.5 Å². The molecule has 0 aromatic heterocycles. The maximum atomic E-state index is 12.1. The molecule has 0 saturated carbocycles. The van der Waals surface area contributed by atoms with E-state index >= 15 is 0 Å². The molecule has 1 aromatic carbocycles. The van der Waals surface area contributed by atoms with Gasteiger partial charge in [0.1, 0.15) is 5.75 Å². The Morgan fingerprint density at radius 2 is 1.89 bits per heavy atom. The molecule has 1 rings (SSSR count). The summed E-state index contributed by atoms with van der Waals surface area (Å²) in [7, 11) is 3.54. The van der Waals surface area contributed by atoms with E-state index in [1.54, 1.807) is 18.9 Å². The van der Waals surface area contributed by atoms with Gasteiger partial charge in [-0.05, 0) is 44.2 Å². The summed E-state index contributed by atoms with van der Waals surface area (Å²) in [5, 5.41) is 0.0170. The molecule has 0 aliphatic heterocycles. The molecule has 0 aliphatic carbocycles.